The Morgan fingerprint density at radius 3 is 2.65 bits per heavy atom. The molecule has 1 heterocycles. The number of nitrogens with one attached hydrogen (secondary N) is 2. The van der Waals surface area contributed by atoms with Crippen molar-refractivity contribution < 1.29 is 4.79 Å². The van der Waals surface area contributed by atoms with Gasteiger partial charge >= 0.3 is 6.03 Å². The number of piperidine rings is 1. The predicted octanol–water partition coefficient (Wildman–Crippen LogP) is 2.45. The number of amides is 2. The Morgan fingerprint density at radius 1 is 1.40 bits per heavy atom. The molecule has 0 atom stereocenters. The number of halogens is 1. The van der Waals surface area contributed by atoms with Crippen molar-refractivity contribution in [2.75, 3.05) is 25.5 Å². The van der Waals surface area contributed by atoms with Crippen LogP contribution in [0.2, 0.25) is 5.02 Å². The van der Waals surface area contributed by atoms with Crippen LogP contribution in [0.3, 0.4) is 0 Å². The monoisotopic (exact) mass is 292 g/mol. The van der Waals surface area contributed by atoms with Gasteiger partial charge in [-0.05, 0) is 32.0 Å². The summed E-state index contributed by atoms with van der Waals surface area (Å²) in [4.78, 5) is 14.2. The van der Waals surface area contributed by atoms with Crippen LogP contribution in [0.1, 0.15) is 12.8 Å². The number of carbonyl (C=O) groups is 1. The lowest BCUT2D eigenvalue weighted by atomic mass is 9.89. The molecule has 2 amide bonds. The topological polar surface area (TPSA) is 68.2 Å². The van der Waals surface area contributed by atoms with Gasteiger partial charge in [-0.3, -0.25) is 0 Å². The van der Waals surface area contributed by atoms with Gasteiger partial charge in [-0.1, -0.05) is 23.7 Å². The van der Waals surface area contributed by atoms with Crippen LogP contribution >= 0.6 is 11.6 Å². The number of para-hydroxylation sites is 1. The average Bonchev–Trinajstić information content (AvgIpc) is 2.44. The number of likely N-dealkylation sites (tertiary alicyclic amines) is 1. The van der Waals surface area contributed by atoms with Crippen molar-refractivity contribution in [2.24, 2.45) is 0 Å². The number of benzene rings is 1. The van der Waals surface area contributed by atoms with Gasteiger partial charge in [0.05, 0.1) is 16.8 Å². The highest BCUT2D eigenvalue weighted by molar-refractivity contribution is 6.33. The molecule has 6 heteroatoms. The van der Waals surface area contributed by atoms with Crippen molar-refractivity contribution in [2.45, 2.75) is 18.4 Å². The minimum atomic E-state index is -0.794. The SMILES string of the molecule is CN1CCC(C#N)(NC(=O)Nc2ccccc2Cl)CC1. The van der Waals surface area contributed by atoms with Crippen LogP contribution in [0.4, 0.5) is 10.5 Å². The van der Waals surface area contributed by atoms with Crippen molar-refractivity contribution in [3.8, 4) is 6.07 Å². The summed E-state index contributed by atoms with van der Waals surface area (Å²) in [7, 11) is 2.01. The molecule has 1 aromatic rings. The smallest absolute Gasteiger partial charge is 0.319 e. The second-order valence-electron chi connectivity index (χ2n) is 5.06. The molecule has 2 rings (SSSR count). The fraction of sp³-hybridized carbons (Fsp3) is 0.429. The molecule has 5 nitrogen and oxygen atoms in total. The summed E-state index contributed by atoms with van der Waals surface area (Å²) in [5.41, 5.74) is -0.259. The van der Waals surface area contributed by atoms with E-state index in [2.05, 4.69) is 21.6 Å². The Hall–Kier alpha value is -1.77. The molecule has 0 bridgehead atoms. The van der Waals surface area contributed by atoms with Crippen LogP contribution in [0, 0.1) is 11.3 Å². The minimum Gasteiger partial charge on any atom is -0.319 e. The third-order valence-electron chi connectivity index (χ3n) is 3.53. The molecule has 20 heavy (non-hydrogen) atoms. The second kappa shape index (κ2) is 6.12. The van der Waals surface area contributed by atoms with Crippen LogP contribution in [-0.2, 0) is 0 Å². The lowest BCUT2D eigenvalue weighted by Gasteiger charge is -2.35. The van der Waals surface area contributed by atoms with Crippen molar-refractivity contribution >= 4 is 23.3 Å². The highest BCUT2D eigenvalue weighted by Gasteiger charge is 2.35. The summed E-state index contributed by atoms with van der Waals surface area (Å²) in [6.45, 7) is 1.58. The van der Waals surface area contributed by atoms with E-state index in [0.29, 0.717) is 23.6 Å². The Bertz CT molecular complexity index is 532. The number of urea groups is 1. The molecular weight excluding hydrogens is 276 g/mol. The molecule has 0 aliphatic carbocycles. The molecule has 1 aliphatic rings. The van der Waals surface area contributed by atoms with Gasteiger partial charge in [-0.25, -0.2) is 4.79 Å². The number of nitrogens with zero attached hydrogens (tertiary/aromatic N) is 2. The fourth-order valence-electron chi connectivity index (χ4n) is 2.20. The molecule has 0 radical (unpaired) electrons. The van der Waals surface area contributed by atoms with Crippen LogP contribution in [0.15, 0.2) is 24.3 Å². The third-order valence-corrected chi connectivity index (χ3v) is 3.86. The van der Waals surface area contributed by atoms with Gasteiger partial charge in [-0.2, -0.15) is 5.26 Å². The molecular formula is C14H17ClN4O. The van der Waals surface area contributed by atoms with Crippen molar-refractivity contribution in [1.29, 1.82) is 5.26 Å². The number of hydrogen-bond donors (Lipinski definition) is 2. The number of rotatable bonds is 2. The van der Waals surface area contributed by atoms with E-state index in [9.17, 15) is 10.1 Å². The molecule has 0 spiro atoms. The van der Waals surface area contributed by atoms with E-state index in [1.165, 1.54) is 0 Å². The van der Waals surface area contributed by atoms with E-state index in [0.717, 1.165) is 13.1 Å². The van der Waals surface area contributed by atoms with Gasteiger partial charge in [0.2, 0.25) is 0 Å². The third kappa shape index (κ3) is 3.41. The highest BCUT2D eigenvalue weighted by atomic mass is 35.5. The van der Waals surface area contributed by atoms with E-state index in [-0.39, 0.29) is 0 Å². The molecule has 106 valence electrons. The molecule has 1 saturated heterocycles. The van der Waals surface area contributed by atoms with Gasteiger partial charge in [0, 0.05) is 13.1 Å². The Kier molecular flexibility index (Phi) is 4.48. The quantitative estimate of drug-likeness (QED) is 0.880. The second-order valence-corrected chi connectivity index (χ2v) is 5.46. The lowest BCUT2D eigenvalue weighted by molar-refractivity contribution is 0.193. The molecule has 1 fully saturated rings. The normalized spacial score (nSPS) is 18.1. The maximum Gasteiger partial charge on any atom is 0.320 e. The first-order chi connectivity index (χ1) is 9.54. The summed E-state index contributed by atoms with van der Waals surface area (Å²) in [5.74, 6) is 0. The van der Waals surface area contributed by atoms with E-state index in [1.807, 2.05) is 7.05 Å². The molecule has 2 N–H and O–H groups in total. The zero-order valence-electron chi connectivity index (χ0n) is 11.3. The van der Waals surface area contributed by atoms with Gasteiger partial charge in [0.25, 0.3) is 0 Å². The largest absolute Gasteiger partial charge is 0.320 e. The standard InChI is InChI=1S/C14H17ClN4O/c1-19-8-6-14(10-16,7-9-19)18-13(20)17-12-5-3-2-4-11(12)15/h2-5H,6-9H2,1H3,(H2,17,18,20). The first-order valence-corrected chi connectivity index (χ1v) is 6.86. The minimum absolute atomic E-state index is 0.399. The summed E-state index contributed by atoms with van der Waals surface area (Å²) in [6, 6.07) is 8.84. The number of nitriles is 1. The number of carbonyl (C=O) groups excluding carboxylic acids is 1. The number of anilines is 1. The predicted molar refractivity (Wildman–Crippen MR) is 78.7 cm³/mol. The molecule has 0 unspecified atom stereocenters. The van der Waals surface area contributed by atoms with E-state index in [4.69, 9.17) is 11.6 Å². The summed E-state index contributed by atoms with van der Waals surface area (Å²) < 4.78 is 0. The Balaban J connectivity index is 2.00. The maximum absolute atomic E-state index is 12.0. The molecule has 1 aromatic carbocycles. The van der Waals surface area contributed by atoms with Gasteiger partial charge in [0.1, 0.15) is 5.54 Å². The van der Waals surface area contributed by atoms with Gasteiger partial charge in [0.15, 0.2) is 0 Å². The molecule has 0 saturated carbocycles. The van der Waals surface area contributed by atoms with E-state index >= 15 is 0 Å². The van der Waals surface area contributed by atoms with Gasteiger partial charge < -0.3 is 15.5 Å². The Morgan fingerprint density at radius 2 is 2.05 bits per heavy atom. The van der Waals surface area contributed by atoms with Crippen LogP contribution in [-0.4, -0.2) is 36.6 Å². The van der Waals surface area contributed by atoms with Crippen LogP contribution < -0.4 is 10.6 Å². The van der Waals surface area contributed by atoms with Crippen LogP contribution in [0.25, 0.3) is 0 Å². The summed E-state index contributed by atoms with van der Waals surface area (Å²) in [6.07, 6.45) is 1.24. The van der Waals surface area contributed by atoms with Crippen molar-refractivity contribution in [3.05, 3.63) is 29.3 Å². The average molecular weight is 293 g/mol. The van der Waals surface area contributed by atoms with Crippen LogP contribution in [0.5, 0.6) is 0 Å². The first-order valence-electron chi connectivity index (χ1n) is 6.48. The molecule has 0 aromatic heterocycles. The van der Waals surface area contributed by atoms with Crippen molar-refractivity contribution in [3.63, 3.8) is 0 Å². The maximum atomic E-state index is 12.0. The van der Waals surface area contributed by atoms with E-state index in [1.54, 1.807) is 24.3 Å². The lowest BCUT2D eigenvalue weighted by Crippen LogP contribution is -2.54. The number of hydrogen-bond acceptors (Lipinski definition) is 3. The zero-order valence-corrected chi connectivity index (χ0v) is 12.1. The molecule has 1 aliphatic heterocycles. The fourth-order valence-corrected chi connectivity index (χ4v) is 2.38. The van der Waals surface area contributed by atoms with E-state index < -0.39 is 11.6 Å². The summed E-state index contributed by atoms with van der Waals surface area (Å²) >= 11 is 5.98. The van der Waals surface area contributed by atoms with Crippen molar-refractivity contribution in [1.82, 2.24) is 10.2 Å². The first kappa shape index (κ1) is 14.6. The highest BCUT2D eigenvalue weighted by Crippen LogP contribution is 2.23. The zero-order chi connectivity index (χ0) is 14.6. The summed E-state index contributed by atoms with van der Waals surface area (Å²) in [5, 5.41) is 15.3. The Labute approximate surface area is 123 Å². The van der Waals surface area contributed by atoms with Gasteiger partial charge in [-0.15, -0.1) is 0 Å².